The van der Waals surface area contributed by atoms with Crippen molar-refractivity contribution in [3.05, 3.63) is 0 Å². The van der Waals surface area contributed by atoms with E-state index in [1.807, 2.05) is 0 Å². The molecule has 1 unspecified atom stereocenters. The monoisotopic (exact) mass is 245 g/mol. The maximum absolute atomic E-state index is 11.7. The number of hydrogen-bond donors (Lipinski definition) is 1. The fourth-order valence-electron chi connectivity index (χ4n) is 0.792. The first-order valence-electron chi connectivity index (χ1n) is 4.38. The van der Waals surface area contributed by atoms with Gasteiger partial charge in [-0.05, 0) is 0 Å². The molecule has 0 aliphatic rings. The Hall–Kier alpha value is -1.02. The normalized spacial score (nSPS) is 13.3. The molecule has 0 radical (unpaired) electrons. The van der Waals surface area contributed by atoms with Gasteiger partial charge in [-0.3, -0.25) is 0 Å². The van der Waals surface area contributed by atoms with E-state index in [0.717, 1.165) is 0 Å². The Kier molecular flexibility index (Phi) is 6.82. The molecule has 0 aromatic heterocycles. The van der Waals surface area contributed by atoms with Crippen molar-refractivity contribution in [2.45, 2.75) is 12.3 Å². The molecule has 0 saturated heterocycles. The summed E-state index contributed by atoms with van der Waals surface area (Å²) in [4.78, 5) is 10.8. The number of carbonyl (C=O) groups excluding carboxylic acids is 1. The minimum Gasteiger partial charge on any atom is -0.440 e. The van der Waals surface area contributed by atoms with Gasteiger partial charge in [-0.2, -0.15) is 13.2 Å². The molecule has 16 heavy (non-hydrogen) atoms. The molecule has 0 spiro atoms. The lowest BCUT2D eigenvalue weighted by molar-refractivity contribution is -0.160. The SMILES string of the molecule is COCC(CNC(=O)OCC(F)(F)F)OC. The molecule has 0 bridgehead atoms. The van der Waals surface area contributed by atoms with E-state index in [4.69, 9.17) is 9.47 Å². The fourth-order valence-corrected chi connectivity index (χ4v) is 0.792. The van der Waals surface area contributed by atoms with Gasteiger partial charge < -0.3 is 19.5 Å². The zero-order valence-electron chi connectivity index (χ0n) is 8.97. The molecule has 0 saturated carbocycles. The summed E-state index contributed by atoms with van der Waals surface area (Å²) in [7, 11) is 2.83. The number of rotatable bonds is 6. The van der Waals surface area contributed by atoms with Crippen LogP contribution in [-0.2, 0) is 14.2 Å². The third kappa shape index (κ3) is 8.30. The van der Waals surface area contributed by atoms with Crippen molar-refractivity contribution in [3.63, 3.8) is 0 Å². The van der Waals surface area contributed by atoms with Gasteiger partial charge in [0.1, 0.15) is 0 Å². The fraction of sp³-hybridized carbons (Fsp3) is 0.875. The third-order valence-electron chi connectivity index (χ3n) is 1.53. The molecule has 0 aromatic rings. The average Bonchev–Trinajstić information content (AvgIpc) is 2.20. The van der Waals surface area contributed by atoms with Crippen LogP contribution in [0.2, 0.25) is 0 Å². The predicted octanol–water partition coefficient (Wildman–Crippen LogP) is 0.936. The Morgan fingerprint density at radius 3 is 2.44 bits per heavy atom. The number of halogens is 3. The van der Waals surface area contributed by atoms with Crippen LogP contribution in [0.3, 0.4) is 0 Å². The van der Waals surface area contributed by atoms with Crippen LogP contribution in [0.5, 0.6) is 0 Å². The zero-order valence-corrected chi connectivity index (χ0v) is 8.97. The second kappa shape index (κ2) is 7.29. The summed E-state index contributed by atoms with van der Waals surface area (Å²) in [5.41, 5.74) is 0. The van der Waals surface area contributed by atoms with E-state index < -0.39 is 25.0 Å². The van der Waals surface area contributed by atoms with Crippen LogP contribution in [0.4, 0.5) is 18.0 Å². The third-order valence-corrected chi connectivity index (χ3v) is 1.53. The Morgan fingerprint density at radius 1 is 1.38 bits per heavy atom. The maximum Gasteiger partial charge on any atom is 0.422 e. The van der Waals surface area contributed by atoms with Gasteiger partial charge in [0.25, 0.3) is 0 Å². The number of carbonyl (C=O) groups is 1. The van der Waals surface area contributed by atoms with Crippen molar-refractivity contribution >= 4 is 6.09 Å². The van der Waals surface area contributed by atoms with Crippen LogP contribution in [0.15, 0.2) is 0 Å². The van der Waals surface area contributed by atoms with Gasteiger partial charge in [0.2, 0.25) is 0 Å². The lowest BCUT2D eigenvalue weighted by Crippen LogP contribution is -2.37. The lowest BCUT2D eigenvalue weighted by atomic mass is 10.4. The summed E-state index contributed by atoms with van der Waals surface area (Å²) in [6.45, 7) is -1.38. The first-order chi connectivity index (χ1) is 7.39. The van der Waals surface area contributed by atoms with Crippen molar-refractivity contribution in [2.24, 2.45) is 0 Å². The predicted molar refractivity (Wildman–Crippen MR) is 48.1 cm³/mol. The number of ether oxygens (including phenoxy) is 3. The van der Waals surface area contributed by atoms with Crippen molar-refractivity contribution in [2.75, 3.05) is 34.0 Å². The smallest absolute Gasteiger partial charge is 0.422 e. The van der Waals surface area contributed by atoms with Gasteiger partial charge in [0.05, 0.1) is 12.7 Å². The Balaban J connectivity index is 3.71. The van der Waals surface area contributed by atoms with Crippen LogP contribution < -0.4 is 5.32 Å². The second-order valence-corrected chi connectivity index (χ2v) is 2.89. The number of methoxy groups -OCH3 is 2. The highest BCUT2D eigenvalue weighted by molar-refractivity contribution is 5.67. The quantitative estimate of drug-likeness (QED) is 0.756. The summed E-state index contributed by atoms with van der Waals surface area (Å²) in [6, 6.07) is 0. The van der Waals surface area contributed by atoms with Gasteiger partial charge >= 0.3 is 12.3 Å². The van der Waals surface area contributed by atoms with Crippen molar-refractivity contribution in [1.29, 1.82) is 0 Å². The standard InChI is InChI=1S/C8H14F3NO4/c1-14-4-6(15-2)3-12-7(13)16-5-8(9,10)11/h6H,3-5H2,1-2H3,(H,12,13). The highest BCUT2D eigenvalue weighted by Crippen LogP contribution is 2.14. The molecule has 0 heterocycles. The number of alkyl carbamates (subject to hydrolysis) is 1. The van der Waals surface area contributed by atoms with Gasteiger partial charge in [-0.15, -0.1) is 0 Å². The average molecular weight is 245 g/mol. The van der Waals surface area contributed by atoms with Crippen LogP contribution >= 0.6 is 0 Å². The molecule has 1 atom stereocenters. The lowest BCUT2D eigenvalue weighted by Gasteiger charge is -2.15. The Bertz CT molecular complexity index is 210. The van der Waals surface area contributed by atoms with E-state index in [0.29, 0.717) is 0 Å². The Morgan fingerprint density at radius 2 is 2.00 bits per heavy atom. The molecule has 0 aliphatic heterocycles. The van der Waals surface area contributed by atoms with Gasteiger partial charge in [0.15, 0.2) is 6.61 Å². The summed E-state index contributed by atoms with van der Waals surface area (Å²) >= 11 is 0. The van der Waals surface area contributed by atoms with Gasteiger partial charge in [0, 0.05) is 20.8 Å². The highest BCUT2D eigenvalue weighted by atomic mass is 19.4. The zero-order chi connectivity index (χ0) is 12.6. The number of alkyl halides is 3. The summed E-state index contributed by atoms with van der Waals surface area (Å²) in [6.07, 6.45) is -6.09. The Labute approximate surface area is 90.8 Å². The largest absolute Gasteiger partial charge is 0.440 e. The summed E-state index contributed by atoms with van der Waals surface area (Å²) < 4.78 is 48.5. The van der Waals surface area contributed by atoms with Crippen LogP contribution in [0.1, 0.15) is 0 Å². The summed E-state index contributed by atoms with van der Waals surface area (Å²) in [5, 5.41) is 2.12. The minimum atomic E-state index is -4.52. The number of nitrogens with one attached hydrogen (secondary N) is 1. The molecule has 1 N–H and O–H groups in total. The topological polar surface area (TPSA) is 56.8 Å². The highest BCUT2D eigenvalue weighted by Gasteiger charge is 2.29. The van der Waals surface area contributed by atoms with Crippen LogP contribution in [0.25, 0.3) is 0 Å². The molecule has 96 valence electrons. The molecule has 1 amide bonds. The first-order valence-corrected chi connectivity index (χ1v) is 4.38. The second-order valence-electron chi connectivity index (χ2n) is 2.89. The first kappa shape index (κ1) is 15.0. The van der Waals surface area contributed by atoms with E-state index in [2.05, 4.69) is 10.1 Å². The van der Waals surface area contributed by atoms with Gasteiger partial charge in [-0.25, -0.2) is 4.79 Å². The summed E-state index contributed by atoms with van der Waals surface area (Å²) in [5.74, 6) is 0. The molecular formula is C8H14F3NO4. The van der Waals surface area contributed by atoms with Crippen molar-refractivity contribution in [3.8, 4) is 0 Å². The molecule has 0 fully saturated rings. The molecule has 5 nitrogen and oxygen atoms in total. The van der Waals surface area contributed by atoms with Gasteiger partial charge in [-0.1, -0.05) is 0 Å². The van der Waals surface area contributed by atoms with E-state index in [1.54, 1.807) is 0 Å². The van der Waals surface area contributed by atoms with Crippen molar-refractivity contribution in [1.82, 2.24) is 5.32 Å². The number of hydrogen-bond acceptors (Lipinski definition) is 4. The minimum absolute atomic E-state index is 0.0149. The van der Waals surface area contributed by atoms with Crippen LogP contribution in [0, 0.1) is 0 Å². The molecule has 0 aromatic carbocycles. The molecule has 0 rings (SSSR count). The van der Waals surface area contributed by atoms with E-state index >= 15 is 0 Å². The van der Waals surface area contributed by atoms with E-state index in [9.17, 15) is 18.0 Å². The molecule has 8 heteroatoms. The number of amides is 1. The van der Waals surface area contributed by atoms with E-state index in [-0.39, 0.29) is 13.2 Å². The maximum atomic E-state index is 11.7. The van der Waals surface area contributed by atoms with Crippen molar-refractivity contribution < 1.29 is 32.2 Å². The molecular weight excluding hydrogens is 231 g/mol. The van der Waals surface area contributed by atoms with E-state index in [1.165, 1.54) is 14.2 Å². The molecule has 0 aliphatic carbocycles. The van der Waals surface area contributed by atoms with Crippen LogP contribution in [-0.4, -0.2) is 52.4 Å².